The third-order valence-electron chi connectivity index (χ3n) is 2.63. The Bertz CT molecular complexity index is 450. The van der Waals surface area contributed by atoms with E-state index in [4.69, 9.17) is 11.6 Å². The summed E-state index contributed by atoms with van der Waals surface area (Å²) in [7, 11) is 0. The minimum Gasteiger partial charge on any atom is -0.433 e. The molecular weight excluding hydrogens is 264 g/mol. The molecule has 1 aromatic carbocycles. The van der Waals surface area contributed by atoms with Crippen molar-refractivity contribution in [3.05, 3.63) is 28.8 Å². The minimum atomic E-state index is -2.90. The number of amides is 1. The number of ether oxygens (including phenoxy) is 1. The molecule has 0 atom stereocenters. The Hall–Kier alpha value is -1.36. The molecule has 6 heteroatoms. The maximum atomic E-state index is 12.0. The predicted octanol–water partition coefficient (Wildman–Crippen LogP) is 2.97. The number of benzene rings is 1. The Labute approximate surface area is 108 Å². The van der Waals surface area contributed by atoms with Gasteiger partial charge in [-0.1, -0.05) is 17.7 Å². The lowest BCUT2D eigenvalue weighted by Crippen LogP contribution is -2.24. The molecule has 1 amide bonds. The summed E-state index contributed by atoms with van der Waals surface area (Å²) in [5, 5.41) is 2.87. The Balaban J connectivity index is 1.93. The van der Waals surface area contributed by atoms with E-state index in [1.807, 2.05) is 0 Å². The molecule has 1 N–H and O–H groups in total. The van der Waals surface area contributed by atoms with Gasteiger partial charge in [0.05, 0.1) is 5.02 Å². The van der Waals surface area contributed by atoms with Crippen molar-refractivity contribution in [3.63, 3.8) is 0 Å². The zero-order valence-electron chi connectivity index (χ0n) is 9.46. The number of hydrogen-bond acceptors (Lipinski definition) is 2. The van der Waals surface area contributed by atoms with Crippen molar-refractivity contribution in [2.75, 3.05) is 0 Å². The maximum Gasteiger partial charge on any atom is 0.387 e. The molecule has 3 nitrogen and oxygen atoms in total. The molecule has 0 bridgehead atoms. The van der Waals surface area contributed by atoms with E-state index >= 15 is 0 Å². The number of carbonyl (C=O) groups is 1. The van der Waals surface area contributed by atoms with Crippen LogP contribution in [0, 0.1) is 5.92 Å². The summed E-state index contributed by atoms with van der Waals surface area (Å²) < 4.78 is 28.2. The molecule has 18 heavy (non-hydrogen) atoms. The van der Waals surface area contributed by atoms with Gasteiger partial charge in [-0.05, 0) is 30.5 Å². The van der Waals surface area contributed by atoms with E-state index in [2.05, 4.69) is 10.1 Å². The van der Waals surface area contributed by atoms with Crippen LogP contribution in [0.5, 0.6) is 5.75 Å². The zero-order chi connectivity index (χ0) is 13.1. The van der Waals surface area contributed by atoms with Gasteiger partial charge in [0.25, 0.3) is 0 Å². The molecule has 0 radical (unpaired) electrons. The molecular formula is C12H12ClF2NO2. The lowest BCUT2D eigenvalue weighted by Gasteiger charge is -2.09. The smallest absolute Gasteiger partial charge is 0.387 e. The number of hydrogen-bond donors (Lipinski definition) is 1. The highest BCUT2D eigenvalue weighted by molar-refractivity contribution is 6.32. The van der Waals surface area contributed by atoms with Crippen LogP contribution < -0.4 is 10.1 Å². The van der Waals surface area contributed by atoms with Gasteiger partial charge in [-0.3, -0.25) is 4.79 Å². The topological polar surface area (TPSA) is 38.3 Å². The Kier molecular flexibility index (Phi) is 4.01. The SMILES string of the molecule is O=C(NCc1ccc(OC(F)F)c(Cl)c1)C1CC1. The van der Waals surface area contributed by atoms with Crippen LogP contribution in [0.3, 0.4) is 0 Å². The third kappa shape index (κ3) is 3.57. The van der Waals surface area contributed by atoms with Crippen molar-refractivity contribution >= 4 is 17.5 Å². The van der Waals surface area contributed by atoms with Crippen LogP contribution in [0.1, 0.15) is 18.4 Å². The number of halogens is 3. The molecule has 0 saturated heterocycles. The Morgan fingerprint density at radius 2 is 2.22 bits per heavy atom. The molecule has 1 aliphatic carbocycles. The van der Waals surface area contributed by atoms with E-state index < -0.39 is 6.61 Å². The molecule has 0 aliphatic heterocycles. The molecule has 1 fully saturated rings. The minimum absolute atomic E-state index is 0.0269. The van der Waals surface area contributed by atoms with Crippen molar-refractivity contribution < 1.29 is 18.3 Å². The summed E-state index contributed by atoms with van der Waals surface area (Å²) in [6, 6.07) is 4.47. The number of nitrogens with one attached hydrogen (secondary N) is 1. The van der Waals surface area contributed by atoms with Gasteiger partial charge in [-0.25, -0.2) is 0 Å². The number of rotatable bonds is 5. The van der Waals surface area contributed by atoms with Gasteiger partial charge < -0.3 is 10.1 Å². The zero-order valence-corrected chi connectivity index (χ0v) is 10.2. The second kappa shape index (κ2) is 5.52. The van der Waals surface area contributed by atoms with E-state index in [1.54, 1.807) is 6.07 Å². The molecule has 0 aromatic heterocycles. The first-order valence-corrected chi connectivity index (χ1v) is 5.95. The Morgan fingerprint density at radius 1 is 1.50 bits per heavy atom. The lowest BCUT2D eigenvalue weighted by molar-refractivity contribution is -0.122. The molecule has 1 aliphatic rings. The molecule has 0 heterocycles. The summed E-state index contributed by atoms with van der Waals surface area (Å²) in [6.45, 7) is -2.56. The van der Waals surface area contributed by atoms with Crippen molar-refractivity contribution in [3.8, 4) is 5.75 Å². The molecule has 1 saturated carbocycles. The molecule has 0 spiro atoms. The van der Waals surface area contributed by atoms with E-state index in [0.717, 1.165) is 18.4 Å². The van der Waals surface area contributed by atoms with Crippen LogP contribution in [0.25, 0.3) is 0 Å². The van der Waals surface area contributed by atoms with E-state index in [1.165, 1.54) is 12.1 Å². The van der Waals surface area contributed by atoms with Gasteiger partial charge in [0, 0.05) is 12.5 Å². The summed E-state index contributed by atoms with van der Waals surface area (Å²) in [5.74, 6) is 0.102. The average molecular weight is 276 g/mol. The van der Waals surface area contributed by atoms with Crippen molar-refractivity contribution in [2.24, 2.45) is 5.92 Å². The van der Waals surface area contributed by atoms with Crippen LogP contribution in [-0.2, 0) is 11.3 Å². The Morgan fingerprint density at radius 3 is 2.78 bits per heavy atom. The molecule has 1 aromatic rings. The summed E-state index contributed by atoms with van der Waals surface area (Å²) in [6.07, 6.45) is 1.88. The van der Waals surface area contributed by atoms with Crippen LogP contribution >= 0.6 is 11.6 Å². The number of carbonyl (C=O) groups excluding carboxylic acids is 1. The largest absolute Gasteiger partial charge is 0.433 e. The van der Waals surface area contributed by atoms with E-state index in [0.29, 0.717) is 6.54 Å². The lowest BCUT2D eigenvalue weighted by atomic mass is 10.2. The second-order valence-corrected chi connectivity index (χ2v) is 4.54. The van der Waals surface area contributed by atoms with Gasteiger partial charge in [0.15, 0.2) is 0 Å². The van der Waals surface area contributed by atoms with Gasteiger partial charge in [0.1, 0.15) is 5.75 Å². The summed E-state index contributed by atoms with van der Waals surface area (Å²) in [4.78, 5) is 11.4. The van der Waals surface area contributed by atoms with Crippen LogP contribution in [0.15, 0.2) is 18.2 Å². The molecule has 0 unspecified atom stereocenters. The fraction of sp³-hybridized carbons (Fsp3) is 0.417. The van der Waals surface area contributed by atoms with Crippen molar-refractivity contribution in [1.29, 1.82) is 0 Å². The maximum absolute atomic E-state index is 12.0. The summed E-state index contributed by atoms with van der Waals surface area (Å²) in [5.41, 5.74) is 0.746. The average Bonchev–Trinajstić information content (AvgIpc) is 3.12. The van der Waals surface area contributed by atoms with Gasteiger partial charge in [-0.15, -0.1) is 0 Å². The quantitative estimate of drug-likeness (QED) is 0.897. The third-order valence-corrected chi connectivity index (χ3v) is 2.92. The monoisotopic (exact) mass is 275 g/mol. The second-order valence-electron chi connectivity index (χ2n) is 4.14. The highest BCUT2D eigenvalue weighted by atomic mass is 35.5. The highest BCUT2D eigenvalue weighted by Crippen LogP contribution is 2.29. The van der Waals surface area contributed by atoms with Crippen molar-refractivity contribution in [1.82, 2.24) is 5.32 Å². The van der Waals surface area contributed by atoms with E-state index in [9.17, 15) is 13.6 Å². The van der Waals surface area contributed by atoms with Crippen LogP contribution in [0.2, 0.25) is 5.02 Å². The van der Waals surface area contributed by atoms with Gasteiger partial charge >= 0.3 is 6.61 Å². The molecule has 98 valence electrons. The first kappa shape index (κ1) is 13.1. The highest BCUT2D eigenvalue weighted by Gasteiger charge is 2.29. The van der Waals surface area contributed by atoms with Crippen molar-refractivity contribution in [2.45, 2.75) is 26.0 Å². The standard InChI is InChI=1S/C12H12ClF2NO2/c13-9-5-7(1-4-10(9)18-12(14)15)6-16-11(17)8-2-3-8/h1,4-5,8,12H,2-3,6H2,(H,16,17). The fourth-order valence-electron chi connectivity index (χ4n) is 1.52. The first-order chi connectivity index (χ1) is 8.56. The van der Waals surface area contributed by atoms with Gasteiger partial charge in [-0.2, -0.15) is 8.78 Å². The predicted molar refractivity (Wildman–Crippen MR) is 62.7 cm³/mol. The normalized spacial score (nSPS) is 14.7. The number of alkyl halides is 2. The fourth-order valence-corrected chi connectivity index (χ4v) is 1.77. The van der Waals surface area contributed by atoms with E-state index in [-0.39, 0.29) is 22.6 Å². The van der Waals surface area contributed by atoms with Gasteiger partial charge in [0.2, 0.25) is 5.91 Å². The summed E-state index contributed by atoms with van der Waals surface area (Å²) >= 11 is 5.79. The van der Waals surface area contributed by atoms with Crippen LogP contribution in [0.4, 0.5) is 8.78 Å². The molecule has 2 rings (SSSR count). The first-order valence-electron chi connectivity index (χ1n) is 5.57. The van der Waals surface area contributed by atoms with Crippen LogP contribution in [-0.4, -0.2) is 12.5 Å².